The predicted molar refractivity (Wildman–Crippen MR) is 174 cm³/mol. The minimum Gasteiger partial charge on any atom is -0.376 e. The van der Waals surface area contributed by atoms with Gasteiger partial charge in [0.1, 0.15) is 5.60 Å². The monoisotopic (exact) mass is 572 g/mol. The molecule has 4 heteroatoms. The molecule has 5 aromatic rings. The number of unbranched alkanes of at least 4 members (excludes halogenated alkanes) is 6. The van der Waals surface area contributed by atoms with Crippen LogP contribution in [0.15, 0.2) is 77.5 Å². The van der Waals surface area contributed by atoms with Crippen LogP contribution in [0.2, 0.25) is 0 Å². The van der Waals surface area contributed by atoms with Crippen LogP contribution in [0.1, 0.15) is 93.0 Å². The van der Waals surface area contributed by atoms with Crippen LogP contribution in [0.25, 0.3) is 19.2 Å². The highest BCUT2D eigenvalue weighted by Gasteiger charge is 2.37. The van der Waals surface area contributed by atoms with E-state index in [0.29, 0.717) is 0 Å². The van der Waals surface area contributed by atoms with Crippen LogP contribution in [0.5, 0.6) is 0 Å². The maximum absolute atomic E-state index is 12.8. The molecule has 3 aromatic heterocycles. The van der Waals surface area contributed by atoms with Crippen molar-refractivity contribution in [2.45, 2.75) is 83.7 Å². The molecular formula is C35H40OS3. The van der Waals surface area contributed by atoms with E-state index in [9.17, 15) is 5.11 Å². The Balaban J connectivity index is 1.50. The average Bonchev–Trinajstić information content (AvgIpc) is 3.71. The molecule has 3 heterocycles. The molecule has 5 rings (SSSR count). The lowest BCUT2D eigenvalue weighted by atomic mass is 9.79. The summed E-state index contributed by atoms with van der Waals surface area (Å²) in [5, 5.41) is 17.1. The molecule has 0 aliphatic rings. The second-order valence-electron chi connectivity index (χ2n) is 10.6. The van der Waals surface area contributed by atoms with Gasteiger partial charge in [-0.15, -0.1) is 34.0 Å². The van der Waals surface area contributed by atoms with Crippen LogP contribution in [0, 0.1) is 0 Å². The molecular weight excluding hydrogens is 533 g/mol. The summed E-state index contributed by atoms with van der Waals surface area (Å²) in [5.74, 6) is 0. The number of thiophene rings is 3. The van der Waals surface area contributed by atoms with Gasteiger partial charge in [0.05, 0.1) is 4.88 Å². The second kappa shape index (κ2) is 13.4. The Hall–Kier alpha value is -2.24. The fourth-order valence-corrected chi connectivity index (χ4v) is 8.67. The molecule has 0 saturated heterocycles. The van der Waals surface area contributed by atoms with Gasteiger partial charge in [-0.2, -0.15) is 0 Å². The highest BCUT2D eigenvalue weighted by molar-refractivity contribution is 7.30. The maximum Gasteiger partial charge on any atom is 0.142 e. The smallest absolute Gasteiger partial charge is 0.142 e. The number of hydrogen-bond acceptors (Lipinski definition) is 4. The van der Waals surface area contributed by atoms with E-state index in [2.05, 4.69) is 91.3 Å². The van der Waals surface area contributed by atoms with Crippen molar-refractivity contribution in [3.63, 3.8) is 0 Å². The zero-order valence-electron chi connectivity index (χ0n) is 23.2. The van der Waals surface area contributed by atoms with Crippen LogP contribution in [-0.4, -0.2) is 5.11 Å². The highest BCUT2D eigenvalue weighted by atomic mass is 32.1. The Morgan fingerprint density at radius 1 is 0.615 bits per heavy atom. The number of aliphatic hydroxyl groups is 1. The predicted octanol–water partition coefficient (Wildman–Crippen LogP) is 11.2. The van der Waals surface area contributed by atoms with E-state index in [1.807, 2.05) is 11.3 Å². The van der Waals surface area contributed by atoms with E-state index < -0.39 is 5.60 Å². The molecule has 0 unspecified atom stereocenters. The van der Waals surface area contributed by atoms with E-state index in [1.54, 1.807) is 22.7 Å². The molecule has 0 radical (unpaired) electrons. The summed E-state index contributed by atoms with van der Waals surface area (Å²) in [5.41, 5.74) is 4.34. The molecule has 1 nitrogen and oxygen atoms in total. The lowest BCUT2D eigenvalue weighted by Gasteiger charge is -2.30. The Bertz CT molecular complexity index is 1350. The van der Waals surface area contributed by atoms with Gasteiger partial charge in [-0.3, -0.25) is 0 Å². The third-order valence-electron chi connectivity index (χ3n) is 7.80. The summed E-state index contributed by atoms with van der Waals surface area (Å²) in [6.07, 6.45) is 12.3. The van der Waals surface area contributed by atoms with E-state index >= 15 is 0 Å². The summed E-state index contributed by atoms with van der Waals surface area (Å²) in [6.45, 7) is 4.51. The van der Waals surface area contributed by atoms with Crippen molar-refractivity contribution >= 4 is 43.4 Å². The summed E-state index contributed by atoms with van der Waals surface area (Å²) in [6, 6.07) is 24.1. The van der Waals surface area contributed by atoms with E-state index in [4.69, 9.17) is 0 Å². The molecule has 39 heavy (non-hydrogen) atoms. The Labute approximate surface area is 246 Å². The van der Waals surface area contributed by atoms with Crippen molar-refractivity contribution in [1.29, 1.82) is 0 Å². The summed E-state index contributed by atoms with van der Waals surface area (Å²) in [7, 11) is 0. The summed E-state index contributed by atoms with van der Waals surface area (Å²) < 4.78 is 2.63. The number of benzene rings is 2. The lowest BCUT2D eigenvalue weighted by Crippen LogP contribution is -2.29. The van der Waals surface area contributed by atoms with Crippen molar-refractivity contribution in [2.24, 2.45) is 0 Å². The number of rotatable bonds is 14. The maximum atomic E-state index is 12.8. The topological polar surface area (TPSA) is 20.2 Å². The zero-order chi connectivity index (χ0) is 27.1. The number of aryl methyl sites for hydroxylation is 2. The van der Waals surface area contributed by atoms with E-state index in [1.165, 1.54) is 76.8 Å². The van der Waals surface area contributed by atoms with Crippen LogP contribution in [0.3, 0.4) is 0 Å². The fraction of sp³-hybridized carbons (Fsp3) is 0.371. The summed E-state index contributed by atoms with van der Waals surface area (Å²) in [4.78, 5) is 2.40. The van der Waals surface area contributed by atoms with Gasteiger partial charge >= 0.3 is 0 Å². The van der Waals surface area contributed by atoms with Gasteiger partial charge in [0, 0.05) is 19.8 Å². The van der Waals surface area contributed by atoms with Gasteiger partial charge in [-0.1, -0.05) is 101 Å². The summed E-state index contributed by atoms with van der Waals surface area (Å²) >= 11 is 5.34. The van der Waals surface area contributed by atoms with Crippen molar-refractivity contribution in [1.82, 2.24) is 0 Å². The fourth-order valence-electron chi connectivity index (χ4n) is 5.48. The first kappa shape index (κ1) is 28.3. The van der Waals surface area contributed by atoms with Crippen LogP contribution >= 0.6 is 34.0 Å². The van der Waals surface area contributed by atoms with Gasteiger partial charge in [-0.05, 0) is 76.9 Å². The molecule has 0 spiro atoms. The molecule has 0 saturated carbocycles. The molecule has 0 atom stereocenters. The van der Waals surface area contributed by atoms with Crippen LogP contribution < -0.4 is 0 Å². The number of hydrogen-bond donors (Lipinski definition) is 1. The van der Waals surface area contributed by atoms with Crippen molar-refractivity contribution in [3.8, 4) is 9.75 Å². The molecule has 1 N–H and O–H groups in total. The Morgan fingerprint density at radius 2 is 1.18 bits per heavy atom. The third kappa shape index (κ3) is 6.41. The van der Waals surface area contributed by atoms with Gasteiger partial charge in [0.2, 0.25) is 0 Å². The SMILES string of the molecule is CCCCCCc1ccc(C(O)(c2ccc(CCCCCC)cc2)c2ccsc2-c2cc3sccc3s2)cc1. The lowest BCUT2D eigenvalue weighted by molar-refractivity contribution is 0.126. The van der Waals surface area contributed by atoms with Gasteiger partial charge in [0.25, 0.3) is 0 Å². The molecule has 0 aliphatic heterocycles. The first-order valence-electron chi connectivity index (χ1n) is 14.6. The standard InChI is InChI=1S/C35H40OS3/c1-3-5-7-9-11-26-13-17-28(18-14-26)35(36,29-19-15-27(16-20-29)12-10-8-6-4-2)30-21-23-38-34(30)33-25-32-31(39-33)22-24-37-32/h13-25,36H,3-12H2,1-2H3. The minimum absolute atomic E-state index is 0.938. The largest absolute Gasteiger partial charge is 0.376 e. The third-order valence-corrected chi connectivity index (χ3v) is 11.0. The number of fused-ring (bicyclic) bond motifs is 1. The molecule has 0 bridgehead atoms. The van der Waals surface area contributed by atoms with Crippen molar-refractivity contribution < 1.29 is 5.11 Å². The zero-order valence-corrected chi connectivity index (χ0v) is 25.7. The Kier molecular flexibility index (Phi) is 9.73. The van der Waals surface area contributed by atoms with E-state index in [-0.39, 0.29) is 0 Å². The first-order chi connectivity index (χ1) is 19.1. The normalized spacial score (nSPS) is 12.0. The Morgan fingerprint density at radius 3 is 1.72 bits per heavy atom. The molecule has 0 aliphatic carbocycles. The molecule has 2 aromatic carbocycles. The van der Waals surface area contributed by atoms with E-state index in [0.717, 1.165) is 34.4 Å². The van der Waals surface area contributed by atoms with Crippen molar-refractivity contribution in [3.05, 3.63) is 105 Å². The average molecular weight is 573 g/mol. The highest BCUT2D eigenvalue weighted by Crippen LogP contribution is 2.47. The van der Waals surface area contributed by atoms with Gasteiger partial charge in [-0.25, -0.2) is 0 Å². The quantitative estimate of drug-likeness (QED) is 0.131. The van der Waals surface area contributed by atoms with Crippen LogP contribution in [0.4, 0.5) is 0 Å². The molecule has 204 valence electrons. The molecule has 0 amide bonds. The molecule has 0 fully saturated rings. The second-order valence-corrected chi connectivity index (χ2v) is 13.6. The van der Waals surface area contributed by atoms with Crippen molar-refractivity contribution in [2.75, 3.05) is 0 Å². The van der Waals surface area contributed by atoms with Crippen LogP contribution in [-0.2, 0) is 18.4 Å². The minimum atomic E-state index is -1.21. The van der Waals surface area contributed by atoms with Gasteiger partial charge < -0.3 is 5.11 Å². The first-order valence-corrected chi connectivity index (χ1v) is 17.2. The van der Waals surface area contributed by atoms with Gasteiger partial charge in [0.15, 0.2) is 0 Å².